The molecule has 0 spiro atoms. The largest absolute Gasteiger partial charge is 0.393 e. The van der Waals surface area contributed by atoms with Crippen molar-refractivity contribution in [1.29, 1.82) is 0 Å². The number of nitrogens with zero attached hydrogens (tertiary/aromatic N) is 1. The summed E-state index contributed by atoms with van der Waals surface area (Å²) in [5.74, 6) is -1.02. The first kappa shape index (κ1) is 18.4. The maximum Gasteiger partial charge on any atom is 0.292 e. The summed E-state index contributed by atoms with van der Waals surface area (Å²) in [4.78, 5) is 34.1. The van der Waals surface area contributed by atoms with E-state index in [9.17, 15) is 19.7 Å². The van der Waals surface area contributed by atoms with E-state index >= 15 is 0 Å². The third-order valence-electron chi connectivity index (χ3n) is 3.34. The Kier molecular flexibility index (Phi) is 5.71. The van der Waals surface area contributed by atoms with Crippen LogP contribution in [0.4, 0.5) is 17.1 Å². The lowest BCUT2D eigenvalue weighted by molar-refractivity contribution is -0.383. The van der Waals surface area contributed by atoms with E-state index in [-0.39, 0.29) is 23.5 Å². The summed E-state index contributed by atoms with van der Waals surface area (Å²) in [5.41, 5.74) is 6.69. The molecule has 2 aromatic rings. The summed E-state index contributed by atoms with van der Waals surface area (Å²) in [5, 5.41) is 15.9. The van der Waals surface area contributed by atoms with Gasteiger partial charge in [0.25, 0.3) is 11.6 Å². The summed E-state index contributed by atoms with van der Waals surface area (Å²) in [7, 11) is 0. The van der Waals surface area contributed by atoms with Gasteiger partial charge in [0.15, 0.2) is 0 Å². The smallest absolute Gasteiger partial charge is 0.292 e. The quantitative estimate of drug-likeness (QED) is 0.399. The molecule has 25 heavy (non-hydrogen) atoms. The Morgan fingerprint density at radius 1 is 1.24 bits per heavy atom. The van der Waals surface area contributed by atoms with E-state index in [1.54, 1.807) is 18.2 Å². The lowest BCUT2D eigenvalue weighted by Gasteiger charge is -2.08. The van der Waals surface area contributed by atoms with Crippen molar-refractivity contribution < 1.29 is 14.5 Å². The highest BCUT2D eigenvalue weighted by atomic mass is 79.9. The van der Waals surface area contributed by atoms with E-state index in [4.69, 9.17) is 5.73 Å². The van der Waals surface area contributed by atoms with Gasteiger partial charge in [-0.1, -0.05) is 15.9 Å². The minimum absolute atomic E-state index is 0.0371. The molecule has 2 amide bonds. The number of carbonyl (C=O) groups is 2. The molecule has 0 atom stereocenters. The molecule has 0 radical (unpaired) electrons. The number of halogens is 1. The molecule has 8 nitrogen and oxygen atoms in total. The van der Waals surface area contributed by atoms with Gasteiger partial charge in [-0.05, 0) is 42.8 Å². The van der Waals surface area contributed by atoms with Crippen LogP contribution in [0.15, 0.2) is 40.9 Å². The Balaban J connectivity index is 1.97. The van der Waals surface area contributed by atoms with Crippen LogP contribution in [0, 0.1) is 17.0 Å². The van der Waals surface area contributed by atoms with Crippen molar-refractivity contribution in [1.82, 2.24) is 5.32 Å². The van der Waals surface area contributed by atoms with Crippen LogP contribution in [-0.2, 0) is 4.79 Å². The average Bonchev–Trinajstić information content (AvgIpc) is 2.56. The summed E-state index contributed by atoms with van der Waals surface area (Å²) in [6.07, 6.45) is 0. The minimum Gasteiger partial charge on any atom is -0.393 e. The zero-order chi connectivity index (χ0) is 18.6. The molecule has 130 valence electrons. The van der Waals surface area contributed by atoms with Crippen LogP contribution in [0.3, 0.4) is 0 Å². The molecule has 9 heteroatoms. The van der Waals surface area contributed by atoms with E-state index in [0.29, 0.717) is 5.69 Å². The van der Waals surface area contributed by atoms with Gasteiger partial charge in [0.05, 0.1) is 11.5 Å². The number of nitro benzene ring substituents is 1. The van der Waals surface area contributed by atoms with Gasteiger partial charge in [-0.25, -0.2) is 0 Å². The minimum atomic E-state index is -0.672. The van der Waals surface area contributed by atoms with Gasteiger partial charge in [-0.2, -0.15) is 0 Å². The van der Waals surface area contributed by atoms with E-state index in [2.05, 4.69) is 26.6 Å². The molecule has 0 aliphatic carbocycles. The van der Waals surface area contributed by atoms with Crippen LogP contribution in [-0.4, -0.2) is 23.3 Å². The summed E-state index contributed by atoms with van der Waals surface area (Å²) in [6.45, 7) is 1.61. The average molecular weight is 407 g/mol. The molecular formula is C16H15BrN4O4. The van der Waals surface area contributed by atoms with Crippen molar-refractivity contribution >= 4 is 44.8 Å². The lowest BCUT2D eigenvalue weighted by Crippen LogP contribution is -2.32. The van der Waals surface area contributed by atoms with Crippen molar-refractivity contribution in [3.63, 3.8) is 0 Å². The number of nitrogens with one attached hydrogen (secondary N) is 2. The van der Waals surface area contributed by atoms with Crippen molar-refractivity contribution in [2.75, 3.05) is 17.6 Å². The maximum atomic E-state index is 12.0. The second-order valence-electron chi connectivity index (χ2n) is 5.23. The number of aryl methyl sites for hydroxylation is 1. The molecule has 0 aliphatic rings. The molecule has 0 aromatic heterocycles. The first-order valence-corrected chi connectivity index (χ1v) is 7.95. The van der Waals surface area contributed by atoms with Crippen LogP contribution in [0.5, 0.6) is 0 Å². The third-order valence-corrected chi connectivity index (χ3v) is 4.23. The Labute approximate surface area is 151 Å². The number of anilines is 2. The van der Waals surface area contributed by atoms with E-state index < -0.39 is 16.7 Å². The van der Waals surface area contributed by atoms with Gasteiger partial charge in [-0.15, -0.1) is 0 Å². The number of nitrogen functional groups attached to an aromatic ring is 1. The van der Waals surface area contributed by atoms with Gasteiger partial charge in [0, 0.05) is 21.8 Å². The highest BCUT2D eigenvalue weighted by Gasteiger charge is 2.16. The molecule has 2 aromatic carbocycles. The predicted octanol–water partition coefficient (Wildman–Crippen LogP) is 2.62. The molecule has 0 aliphatic heterocycles. The number of amides is 2. The number of hydrogen-bond acceptors (Lipinski definition) is 5. The summed E-state index contributed by atoms with van der Waals surface area (Å²) < 4.78 is 0.920. The second-order valence-corrected chi connectivity index (χ2v) is 6.08. The standard InChI is InChI=1S/C16H15BrN4O4/c1-9-6-11(3-4-12(9)17)20-15(22)8-19-16(23)10-2-5-13(18)14(7-10)21(24)25/h2-7H,8,18H2,1H3,(H,19,23)(H,20,22). The van der Waals surface area contributed by atoms with Crippen LogP contribution in [0.25, 0.3) is 0 Å². The number of nitro groups is 1. The van der Waals surface area contributed by atoms with Gasteiger partial charge in [-0.3, -0.25) is 19.7 Å². The van der Waals surface area contributed by atoms with Crippen LogP contribution < -0.4 is 16.4 Å². The van der Waals surface area contributed by atoms with E-state index in [0.717, 1.165) is 16.1 Å². The lowest BCUT2D eigenvalue weighted by atomic mass is 10.1. The van der Waals surface area contributed by atoms with Crippen LogP contribution in [0.2, 0.25) is 0 Å². The monoisotopic (exact) mass is 406 g/mol. The van der Waals surface area contributed by atoms with E-state index in [1.165, 1.54) is 12.1 Å². The highest BCUT2D eigenvalue weighted by Crippen LogP contribution is 2.22. The maximum absolute atomic E-state index is 12.0. The Morgan fingerprint density at radius 2 is 1.96 bits per heavy atom. The Hall–Kier alpha value is -2.94. The Morgan fingerprint density at radius 3 is 2.60 bits per heavy atom. The third kappa shape index (κ3) is 4.77. The number of nitrogens with two attached hydrogens (primary N) is 1. The van der Waals surface area contributed by atoms with Gasteiger partial charge in [0.2, 0.25) is 5.91 Å². The van der Waals surface area contributed by atoms with Gasteiger partial charge in [0.1, 0.15) is 5.69 Å². The fraction of sp³-hybridized carbons (Fsp3) is 0.125. The predicted molar refractivity (Wildman–Crippen MR) is 97.4 cm³/mol. The molecule has 2 rings (SSSR count). The zero-order valence-corrected chi connectivity index (χ0v) is 14.8. The molecule has 4 N–H and O–H groups in total. The number of carbonyl (C=O) groups excluding carboxylic acids is 2. The fourth-order valence-corrected chi connectivity index (χ4v) is 2.28. The molecule has 0 unspecified atom stereocenters. The number of rotatable bonds is 5. The molecule has 0 fully saturated rings. The summed E-state index contributed by atoms with van der Waals surface area (Å²) >= 11 is 3.37. The topological polar surface area (TPSA) is 127 Å². The normalized spacial score (nSPS) is 10.2. The molecule has 0 saturated carbocycles. The van der Waals surface area contributed by atoms with Crippen LogP contribution in [0.1, 0.15) is 15.9 Å². The molecule has 0 heterocycles. The number of benzene rings is 2. The van der Waals surface area contributed by atoms with Gasteiger partial charge < -0.3 is 16.4 Å². The van der Waals surface area contributed by atoms with Crippen molar-refractivity contribution in [2.45, 2.75) is 6.92 Å². The molecular weight excluding hydrogens is 392 g/mol. The first-order chi connectivity index (χ1) is 11.8. The van der Waals surface area contributed by atoms with Crippen molar-refractivity contribution in [3.05, 3.63) is 62.1 Å². The first-order valence-electron chi connectivity index (χ1n) is 7.16. The summed E-state index contributed by atoms with van der Waals surface area (Å²) in [6, 6.07) is 9.01. The van der Waals surface area contributed by atoms with E-state index in [1.807, 2.05) is 6.92 Å². The highest BCUT2D eigenvalue weighted by molar-refractivity contribution is 9.10. The zero-order valence-electron chi connectivity index (χ0n) is 13.2. The van der Waals surface area contributed by atoms with Crippen molar-refractivity contribution in [3.8, 4) is 0 Å². The van der Waals surface area contributed by atoms with Gasteiger partial charge >= 0.3 is 0 Å². The SMILES string of the molecule is Cc1cc(NC(=O)CNC(=O)c2ccc(N)c([N+](=O)[O-])c2)ccc1Br. The van der Waals surface area contributed by atoms with Crippen LogP contribution >= 0.6 is 15.9 Å². The fourth-order valence-electron chi connectivity index (χ4n) is 2.03. The van der Waals surface area contributed by atoms with Crippen molar-refractivity contribution in [2.24, 2.45) is 0 Å². The Bertz CT molecular complexity index is 854. The molecule has 0 bridgehead atoms. The number of hydrogen-bond donors (Lipinski definition) is 3. The molecule has 0 saturated heterocycles. The second kappa shape index (κ2) is 7.75.